The number of pyridine rings is 1. The molecule has 1 aliphatic heterocycles. The third-order valence-corrected chi connectivity index (χ3v) is 3.46. The van der Waals surface area contributed by atoms with Gasteiger partial charge in [0.25, 0.3) is 0 Å². The summed E-state index contributed by atoms with van der Waals surface area (Å²) < 4.78 is 0. The van der Waals surface area contributed by atoms with E-state index < -0.39 is 5.97 Å². The van der Waals surface area contributed by atoms with Gasteiger partial charge in [0, 0.05) is 13.1 Å². The molecule has 0 aromatic carbocycles. The van der Waals surface area contributed by atoms with Crippen LogP contribution in [0.3, 0.4) is 0 Å². The van der Waals surface area contributed by atoms with Gasteiger partial charge >= 0.3 is 5.97 Å². The van der Waals surface area contributed by atoms with Crippen molar-refractivity contribution in [3.8, 4) is 6.07 Å². The molecule has 1 aromatic heterocycles. The lowest BCUT2D eigenvalue weighted by Crippen LogP contribution is -2.40. The lowest BCUT2D eigenvalue weighted by atomic mass is 9.83. The second-order valence-corrected chi connectivity index (χ2v) is 5.31. The second kappa shape index (κ2) is 5.37. The summed E-state index contributed by atoms with van der Waals surface area (Å²) in [6, 6.07) is 7.39. The van der Waals surface area contributed by atoms with Gasteiger partial charge in [-0.3, -0.25) is 4.90 Å². The van der Waals surface area contributed by atoms with Crippen LogP contribution in [0.15, 0.2) is 18.2 Å². The number of nitrogens with zero attached hydrogens (tertiary/aromatic N) is 3. The Kier molecular flexibility index (Phi) is 3.82. The number of carbonyl (C=O) groups is 1. The molecule has 0 aliphatic carbocycles. The van der Waals surface area contributed by atoms with Gasteiger partial charge in [-0.1, -0.05) is 6.07 Å². The maximum atomic E-state index is 10.9. The first-order valence-electron chi connectivity index (χ1n) is 6.35. The van der Waals surface area contributed by atoms with Crippen molar-refractivity contribution >= 4 is 5.97 Å². The maximum Gasteiger partial charge on any atom is 0.354 e. The van der Waals surface area contributed by atoms with Gasteiger partial charge in [0.1, 0.15) is 5.69 Å². The van der Waals surface area contributed by atoms with Crippen LogP contribution in [-0.4, -0.2) is 34.0 Å². The highest BCUT2D eigenvalue weighted by atomic mass is 16.4. The monoisotopic (exact) mass is 259 g/mol. The summed E-state index contributed by atoms with van der Waals surface area (Å²) in [6.07, 6.45) is 1.91. The largest absolute Gasteiger partial charge is 0.477 e. The van der Waals surface area contributed by atoms with Gasteiger partial charge in [0.2, 0.25) is 0 Å². The van der Waals surface area contributed by atoms with Gasteiger partial charge in [0.05, 0.1) is 17.2 Å². The minimum Gasteiger partial charge on any atom is -0.477 e. The van der Waals surface area contributed by atoms with Crippen LogP contribution < -0.4 is 0 Å². The van der Waals surface area contributed by atoms with Gasteiger partial charge in [-0.2, -0.15) is 5.26 Å². The Labute approximate surface area is 112 Å². The predicted octanol–water partition coefficient (Wildman–Crippen LogP) is 1.91. The zero-order valence-electron chi connectivity index (χ0n) is 11.0. The third-order valence-electron chi connectivity index (χ3n) is 3.46. The first-order chi connectivity index (χ1) is 9.02. The molecule has 0 radical (unpaired) electrons. The number of hydrogen-bond acceptors (Lipinski definition) is 4. The number of aromatic nitrogens is 1. The van der Waals surface area contributed by atoms with Crippen LogP contribution in [0.25, 0.3) is 0 Å². The van der Waals surface area contributed by atoms with Crippen molar-refractivity contribution in [2.75, 3.05) is 13.1 Å². The third kappa shape index (κ3) is 3.30. The van der Waals surface area contributed by atoms with Gasteiger partial charge in [-0.15, -0.1) is 0 Å². The summed E-state index contributed by atoms with van der Waals surface area (Å²) in [6.45, 7) is 4.21. The summed E-state index contributed by atoms with van der Waals surface area (Å²) in [7, 11) is 0. The molecule has 0 bridgehead atoms. The maximum absolute atomic E-state index is 10.9. The minimum atomic E-state index is -1.01. The second-order valence-electron chi connectivity index (χ2n) is 5.31. The Balaban J connectivity index is 2.07. The Morgan fingerprint density at radius 1 is 1.63 bits per heavy atom. The first-order valence-corrected chi connectivity index (χ1v) is 6.35. The van der Waals surface area contributed by atoms with Gasteiger partial charge in [0.15, 0.2) is 0 Å². The standard InChI is InChI=1S/C14H17N3O2/c1-14(9-15)6-3-7-17(10-14)8-11-4-2-5-12(16-11)13(18)19/h2,4-5H,3,6-8,10H2,1H3,(H,18,19). The zero-order valence-corrected chi connectivity index (χ0v) is 11.0. The fourth-order valence-electron chi connectivity index (χ4n) is 2.49. The van der Waals surface area contributed by atoms with Crippen LogP contribution in [0.2, 0.25) is 0 Å². The molecule has 100 valence electrons. The summed E-state index contributed by atoms with van der Waals surface area (Å²) in [5, 5.41) is 18.1. The number of rotatable bonds is 3. The molecule has 1 aliphatic rings. The van der Waals surface area contributed by atoms with Crippen LogP contribution in [0, 0.1) is 16.7 Å². The molecule has 1 aromatic rings. The summed E-state index contributed by atoms with van der Waals surface area (Å²) in [4.78, 5) is 17.2. The number of carboxylic acid groups (broad SMARTS) is 1. The van der Waals surface area contributed by atoms with Gasteiger partial charge in [-0.05, 0) is 38.4 Å². The number of hydrogen-bond donors (Lipinski definition) is 1. The molecule has 19 heavy (non-hydrogen) atoms. The van der Waals surface area contributed by atoms with Crippen molar-refractivity contribution in [3.63, 3.8) is 0 Å². The van der Waals surface area contributed by atoms with E-state index >= 15 is 0 Å². The molecule has 1 unspecified atom stereocenters. The van der Waals surface area contributed by atoms with E-state index in [-0.39, 0.29) is 11.1 Å². The average molecular weight is 259 g/mol. The molecule has 2 heterocycles. The molecule has 1 N–H and O–H groups in total. The predicted molar refractivity (Wildman–Crippen MR) is 69.4 cm³/mol. The molecule has 1 fully saturated rings. The van der Waals surface area contributed by atoms with E-state index in [1.807, 2.05) is 13.0 Å². The van der Waals surface area contributed by atoms with E-state index in [1.54, 1.807) is 6.07 Å². The van der Waals surface area contributed by atoms with Crippen LogP contribution >= 0.6 is 0 Å². The van der Waals surface area contributed by atoms with Crippen LogP contribution in [-0.2, 0) is 6.54 Å². The van der Waals surface area contributed by atoms with Crippen molar-refractivity contribution < 1.29 is 9.90 Å². The van der Waals surface area contributed by atoms with Crippen molar-refractivity contribution in [1.82, 2.24) is 9.88 Å². The van der Waals surface area contributed by atoms with Crippen molar-refractivity contribution in [2.45, 2.75) is 26.3 Å². The van der Waals surface area contributed by atoms with E-state index in [9.17, 15) is 10.1 Å². The zero-order chi connectivity index (χ0) is 13.9. The Morgan fingerprint density at radius 2 is 2.42 bits per heavy atom. The molecule has 5 nitrogen and oxygen atoms in total. The fourth-order valence-corrected chi connectivity index (χ4v) is 2.49. The molecule has 5 heteroatoms. The topological polar surface area (TPSA) is 77.2 Å². The van der Waals surface area contributed by atoms with E-state index in [0.29, 0.717) is 13.1 Å². The Bertz CT molecular complexity index is 524. The molecule has 0 saturated carbocycles. The minimum absolute atomic E-state index is 0.0672. The normalized spacial score (nSPS) is 23.8. The number of likely N-dealkylation sites (tertiary alicyclic amines) is 1. The highest BCUT2D eigenvalue weighted by molar-refractivity contribution is 5.85. The van der Waals surface area contributed by atoms with Crippen molar-refractivity contribution in [2.24, 2.45) is 5.41 Å². The molecule has 2 rings (SSSR count). The molecule has 1 saturated heterocycles. The van der Waals surface area contributed by atoms with E-state index in [0.717, 1.165) is 25.1 Å². The van der Waals surface area contributed by atoms with Gasteiger partial charge < -0.3 is 5.11 Å². The Hall–Kier alpha value is -1.93. The molecule has 0 amide bonds. The highest BCUT2D eigenvalue weighted by Gasteiger charge is 2.30. The quantitative estimate of drug-likeness (QED) is 0.897. The number of carboxylic acids is 1. The van der Waals surface area contributed by atoms with E-state index in [2.05, 4.69) is 16.0 Å². The molecular formula is C14H17N3O2. The van der Waals surface area contributed by atoms with E-state index in [4.69, 9.17) is 5.11 Å². The van der Waals surface area contributed by atoms with Crippen LogP contribution in [0.4, 0.5) is 0 Å². The fraction of sp³-hybridized carbons (Fsp3) is 0.500. The van der Waals surface area contributed by atoms with Crippen molar-refractivity contribution in [1.29, 1.82) is 5.26 Å². The smallest absolute Gasteiger partial charge is 0.354 e. The van der Waals surface area contributed by atoms with Gasteiger partial charge in [-0.25, -0.2) is 9.78 Å². The number of aromatic carboxylic acids is 1. The summed E-state index contributed by atoms with van der Waals surface area (Å²) in [5.41, 5.74) is 0.502. The first kappa shape index (κ1) is 13.5. The number of piperidine rings is 1. The Morgan fingerprint density at radius 3 is 3.11 bits per heavy atom. The molecule has 0 spiro atoms. The molecular weight excluding hydrogens is 242 g/mol. The average Bonchev–Trinajstić information content (AvgIpc) is 2.39. The summed E-state index contributed by atoms with van der Waals surface area (Å²) >= 11 is 0. The highest BCUT2D eigenvalue weighted by Crippen LogP contribution is 2.29. The van der Waals surface area contributed by atoms with Crippen molar-refractivity contribution in [3.05, 3.63) is 29.6 Å². The van der Waals surface area contributed by atoms with Crippen LogP contribution in [0.1, 0.15) is 35.9 Å². The molecule has 1 atom stereocenters. The SMILES string of the molecule is CC1(C#N)CCCN(Cc2cccc(C(=O)O)n2)C1. The van der Waals surface area contributed by atoms with Crippen LogP contribution in [0.5, 0.6) is 0 Å². The summed E-state index contributed by atoms with van der Waals surface area (Å²) in [5.74, 6) is -1.01. The lowest BCUT2D eigenvalue weighted by Gasteiger charge is -2.35. The lowest BCUT2D eigenvalue weighted by molar-refractivity contribution is 0.0689. The van der Waals surface area contributed by atoms with E-state index in [1.165, 1.54) is 6.07 Å². The number of nitriles is 1.